The van der Waals surface area contributed by atoms with Gasteiger partial charge in [-0.2, -0.15) is 13.2 Å². The van der Waals surface area contributed by atoms with Gasteiger partial charge >= 0.3 is 6.18 Å². The van der Waals surface area contributed by atoms with Crippen LogP contribution in [-0.4, -0.2) is 24.5 Å². The van der Waals surface area contributed by atoms with Crippen LogP contribution in [0.25, 0.3) is 0 Å². The van der Waals surface area contributed by atoms with Crippen molar-refractivity contribution in [1.82, 2.24) is 10.6 Å². The third-order valence-electron chi connectivity index (χ3n) is 4.41. The van der Waals surface area contributed by atoms with Gasteiger partial charge in [-0.05, 0) is 54.8 Å². The molecule has 2 rings (SSSR count). The topological polar surface area (TPSA) is 67.4 Å². The molecular weight excluding hydrogens is 397 g/mol. The van der Waals surface area contributed by atoms with E-state index in [4.69, 9.17) is 4.74 Å². The highest BCUT2D eigenvalue weighted by atomic mass is 19.4. The molecular formula is C22H25F3N2O3. The predicted molar refractivity (Wildman–Crippen MR) is 107 cm³/mol. The van der Waals surface area contributed by atoms with Gasteiger partial charge < -0.3 is 15.4 Å². The Bertz CT molecular complexity index is 847. The Morgan fingerprint density at radius 3 is 2.10 bits per heavy atom. The molecule has 0 aliphatic heterocycles. The molecule has 2 N–H and O–H groups in total. The number of nitrogens with one attached hydrogen (secondary N) is 2. The Hall–Kier alpha value is -3.03. The number of hydrogen-bond acceptors (Lipinski definition) is 3. The largest absolute Gasteiger partial charge is 0.494 e. The fourth-order valence-corrected chi connectivity index (χ4v) is 2.74. The van der Waals surface area contributed by atoms with Crippen LogP contribution in [0.15, 0.2) is 48.5 Å². The van der Waals surface area contributed by atoms with Crippen molar-refractivity contribution in [3.63, 3.8) is 0 Å². The van der Waals surface area contributed by atoms with Crippen molar-refractivity contribution < 1.29 is 27.5 Å². The summed E-state index contributed by atoms with van der Waals surface area (Å²) in [6.45, 7) is 6.01. The van der Waals surface area contributed by atoms with Crippen molar-refractivity contribution in [1.29, 1.82) is 0 Å². The zero-order valence-corrected chi connectivity index (χ0v) is 17.0. The molecule has 0 saturated heterocycles. The molecule has 0 spiro atoms. The van der Waals surface area contributed by atoms with E-state index in [1.54, 1.807) is 38.1 Å². The first-order valence-corrected chi connectivity index (χ1v) is 9.59. The van der Waals surface area contributed by atoms with E-state index in [1.807, 2.05) is 6.92 Å². The first-order chi connectivity index (χ1) is 14.1. The molecule has 0 aliphatic carbocycles. The second kappa shape index (κ2) is 10.1. The number of rotatable bonds is 8. The molecule has 8 heteroatoms. The van der Waals surface area contributed by atoms with Gasteiger partial charge in [-0.25, -0.2) is 0 Å². The average molecular weight is 422 g/mol. The van der Waals surface area contributed by atoms with Gasteiger partial charge in [-0.1, -0.05) is 26.0 Å². The Balaban J connectivity index is 1.98. The first-order valence-electron chi connectivity index (χ1n) is 9.59. The van der Waals surface area contributed by atoms with Crippen molar-refractivity contribution >= 4 is 11.8 Å². The van der Waals surface area contributed by atoms with Gasteiger partial charge in [0.15, 0.2) is 0 Å². The zero-order chi connectivity index (χ0) is 22.3. The molecule has 2 aromatic rings. The quantitative estimate of drug-likeness (QED) is 0.671. The van der Waals surface area contributed by atoms with Crippen LogP contribution in [0.5, 0.6) is 5.75 Å². The van der Waals surface area contributed by atoms with Crippen molar-refractivity contribution in [2.24, 2.45) is 5.92 Å². The second-order valence-electron chi connectivity index (χ2n) is 7.07. The van der Waals surface area contributed by atoms with Gasteiger partial charge in [0.05, 0.1) is 12.2 Å². The number of hydrogen-bond donors (Lipinski definition) is 2. The number of halogens is 3. The maximum absolute atomic E-state index is 12.6. The van der Waals surface area contributed by atoms with E-state index in [2.05, 4.69) is 10.6 Å². The van der Waals surface area contributed by atoms with Crippen LogP contribution in [0, 0.1) is 5.92 Å². The van der Waals surface area contributed by atoms with Crippen LogP contribution < -0.4 is 15.4 Å². The summed E-state index contributed by atoms with van der Waals surface area (Å²) >= 11 is 0. The van der Waals surface area contributed by atoms with Gasteiger partial charge in [-0.15, -0.1) is 0 Å². The molecule has 2 aromatic carbocycles. The average Bonchev–Trinajstić information content (AvgIpc) is 2.70. The van der Waals surface area contributed by atoms with Gasteiger partial charge in [-0.3, -0.25) is 9.59 Å². The fourth-order valence-electron chi connectivity index (χ4n) is 2.74. The van der Waals surface area contributed by atoms with Gasteiger partial charge in [0.25, 0.3) is 5.91 Å². The highest BCUT2D eigenvalue weighted by Gasteiger charge is 2.30. The van der Waals surface area contributed by atoms with Crippen molar-refractivity contribution in [3.8, 4) is 5.75 Å². The molecule has 0 unspecified atom stereocenters. The standard InChI is InChI=1S/C22H25F3N2O3/c1-4-30-18-11-7-16(8-12-18)20(28)27-19(14(2)3)21(29)26-13-15-5-9-17(10-6-15)22(23,24)25/h5-12,14,19H,4,13H2,1-3H3,(H,26,29)(H,27,28)/t19-/m0/s1. The minimum absolute atomic E-state index is 0.0547. The summed E-state index contributed by atoms with van der Waals surface area (Å²) in [6, 6.07) is 10.3. The summed E-state index contributed by atoms with van der Waals surface area (Å²) in [4.78, 5) is 25.1. The molecule has 0 aliphatic rings. The first kappa shape index (κ1) is 23.3. The summed E-state index contributed by atoms with van der Waals surface area (Å²) in [5, 5.41) is 5.38. The maximum Gasteiger partial charge on any atom is 0.416 e. The van der Waals surface area contributed by atoms with Crippen LogP contribution in [0.1, 0.15) is 42.3 Å². The van der Waals surface area contributed by atoms with Crippen LogP contribution in [-0.2, 0) is 17.5 Å². The van der Waals surface area contributed by atoms with Crippen LogP contribution in [0.2, 0.25) is 0 Å². The van der Waals surface area contributed by atoms with E-state index < -0.39 is 29.6 Å². The molecule has 0 bridgehead atoms. The summed E-state index contributed by atoms with van der Waals surface area (Å²) in [5.74, 6) is -0.362. The van der Waals surface area contributed by atoms with E-state index in [1.165, 1.54) is 12.1 Å². The molecule has 0 heterocycles. The zero-order valence-electron chi connectivity index (χ0n) is 17.0. The third kappa shape index (κ3) is 6.50. The maximum atomic E-state index is 12.6. The fraction of sp³-hybridized carbons (Fsp3) is 0.364. The van der Waals surface area contributed by atoms with E-state index in [0.29, 0.717) is 23.5 Å². The summed E-state index contributed by atoms with van der Waals surface area (Å²) in [6.07, 6.45) is -4.41. The highest BCUT2D eigenvalue weighted by Crippen LogP contribution is 2.29. The Kier molecular flexibility index (Phi) is 7.86. The van der Waals surface area contributed by atoms with Crippen molar-refractivity contribution in [2.45, 2.75) is 39.5 Å². The van der Waals surface area contributed by atoms with Crippen LogP contribution in [0.3, 0.4) is 0 Å². The molecule has 30 heavy (non-hydrogen) atoms. The van der Waals surface area contributed by atoms with E-state index in [-0.39, 0.29) is 12.5 Å². The van der Waals surface area contributed by atoms with E-state index >= 15 is 0 Å². The Labute approximate surface area is 173 Å². The second-order valence-corrected chi connectivity index (χ2v) is 7.07. The molecule has 2 amide bonds. The van der Waals surface area contributed by atoms with Crippen LogP contribution >= 0.6 is 0 Å². The van der Waals surface area contributed by atoms with Gasteiger partial charge in [0.2, 0.25) is 5.91 Å². The van der Waals surface area contributed by atoms with Crippen molar-refractivity contribution in [2.75, 3.05) is 6.61 Å². The van der Waals surface area contributed by atoms with E-state index in [0.717, 1.165) is 12.1 Å². The monoisotopic (exact) mass is 422 g/mol. The number of carbonyl (C=O) groups excluding carboxylic acids is 2. The number of alkyl halides is 3. The minimum Gasteiger partial charge on any atom is -0.494 e. The van der Waals surface area contributed by atoms with Crippen LogP contribution in [0.4, 0.5) is 13.2 Å². The lowest BCUT2D eigenvalue weighted by atomic mass is 10.0. The number of benzene rings is 2. The summed E-state index contributed by atoms with van der Waals surface area (Å²) in [7, 11) is 0. The lowest BCUT2D eigenvalue weighted by Gasteiger charge is -2.22. The number of amides is 2. The lowest BCUT2D eigenvalue weighted by Crippen LogP contribution is -2.49. The summed E-state index contributed by atoms with van der Waals surface area (Å²) in [5.41, 5.74) is 0.164. The number of ether oxygens (including phenoxy) is 1. The molecule has 162 valence electrons. The lowest BCUT2D eigenvalue weighted by molar-refractivity contribution is -0.137. The summed E-state index contributed by atoms with van der Waals surface area (Å²) < 4.78 is 43.2. The Morgan fingerprint density at radius 1 is 1.00 bits per heavy atom. The molecule has 0 radical (unpaired) electrons. The smallest absolute Gasteiger partial charge is 0.416 e. The third-order valence-corrected chi connectivity index (χ3v) is 4.41. The highest BCUT2D eigenvalue weighted by molar-refractivity contribution is 5.97. The van der Waals surface area contributed by atoms with Crippen molar-refractivity contribution in [3.05, 3.63) is 65.2 Å². The van der Waals surface area contributed by atoms with Gasteiger partial charge in [0.1, 0.15) is 11.8 Å². The molecule has 0 fully saturated rings. The number of carbonyl (C=O) groups is 2. The minimum atomic E-state index is -4.41. The molecule has 5 nitrogen and oxygen atoms in total. The molecule has 0 saturated carbocycles. The Morgan fingerprint density at radius 2 is 1.60 bits per heavy atom. The molecule has 0 aromatic heterocycles. The normalized spacial score (nSPS) is 12.4. The van der Waals surface area contributed by atoms with E-state index in [9.17, 15) is 22.8 Å². The molecule has 1 atom stereocenters. The predicted octanol–water partition coefficient (Wildman–Crippen LogP) is 4.17. The van der Waals surface area contributed by atoms with Gasteiger partial charge in [0, 0.05) is 12.1 Å². The SMILES string of the molecule is CCOc1ccc(C(=O)N[C@H](C(=O)NCc2ccc(C(F)(F)F)cc2)C(C)C)cc1.